The molecule has 20 heavy (non-hydrogen) atoms. The van der Waals surface area contributed by atoms with E-state index in [2.05, 4.69) is 4.98 Å². The molecular weight excluding hydrogens is 294 g/mol. The predicted octanol–water partition coefficient (Wildman–Crippen LogP) is 3.89. The molecule has 1 N–H and O–H groups in total. The molecule has 1 aromatic carbocycles. The summed E-state index contributed by atoms with van der Waals surface area (Å²) >= 11 is 1.35. The van der Waals surface area contributed by atoms with Gasteiger partial charge >= 0.3 is 6.18 Å². The first-order valence-electron chi connectivity index (χ1n) is 5.73. The molecule has 0 fully saturated rings. The number of aliphatic hydroxyl groups excluding tert-OH is 1. The topological polar surface area (TPSA) is 33.1 Å². The number of hydrogen-bond donors (Lipinski definition) is 1. The van der Waals surface area contributed by atoms with E-state index in [4.69, 9.17) is 0 Å². The fourth-order valence-electron chi connectivity index (χ4n) is 1.87. The standard InChI is InChI=1S/C13H11F4NOS/c1-7-18-9(6-20-7)5-12(19)10-3-2-8(14)4-11(10)13(15,16)17/h2-4,6,12,19H,5H2,1H3. The highest BCUT2D eigenvalue weighted by Gasteiger charge is 2.35. The molecule has 108 valence electrons. The minimum atomic E-state index is -4.71. The van der Waals surface area contributed by atoms with Crippen LogP contribution >= 0.6 is 11.3 Å². The van der Waals surface area contributed by atoms with E-state index in [0.717, 1.165) is 17.1 Å². The van der Waals surface area contributed by atoms with Gasteiger partial charge in [0.15, 0.2) is 0 Å². The Hall–Kier alpha value is -1.47. The van der Waals surface area contributed by atoms with E-state index in [1.165, 1.54) is 11.3 Å². The van der Waals surface area contributed by atoms with Crippen molar-refractivity contribution in [2.45, 2.75) is 25.6 Å². The van der Waals surface area contributed by atoms with E-state index < -0.39 is 23.7 Å². The van der Waals surface area contributed by atoms with Crippen LogP contribution in [-0.4, -0.2) is 10.1 Å². The summed E-state index contributed by atoms with van der Waals surface area (Å²) in [5, 5.41) is 12.4. The quantitative estimate of drug-likeness (QED) is 0.873. The zero-order valence-corrected chi connectivity index (χ0v) is 11.2. The number of nitrogens with zero attached hydrogens (tertiary/aromatic N) is 1. The fraction of sp³-hybridized carbons (Fsp3) is 0.308. The number of hydrogen-bond acceptors (Lipinski definition) is 3. The highest BCUT2D eigenvalue weighted by atomic mass is 32.1. The second kappa shape index (κ2) is 5.49. The van der Waals surface area contributed by atoms with Crippen LogP contribution in [0.1, 0.15) is 27.9 Å². The van der Waals surface area contributed by atoms with Crippen LogP contribution in [0.25, 0.3) is 0 Å². The summed E-state index contributed by atoms with van der Waals surface area (Å²) < 4.78 is 51.5. The van der Waals surface area contributed by atoms with Gasteiger partial charge in [-0.2, -0.15) is 13.2 Å². The van der Waals surface area contributed by atoms with Crippen molar-refractivity contribution in [3.8, 4) is 0 Å². The smallest absolute Gasteiger partial charge is 0.388 e. The van der Waals surface area contributed by atoms with Crippen molar-refractivity contribution in [2.24, 2.45) is 0 Å². The van der Waals surface area contributed by atoms with Crippen molar-refractivity contribution in [1.82, 2.24) is 4.98 Å². The lowest BCUT2D eigenvalue weighted by Crippen LogP contribution is -2.14. The maximum atomic E-state index is 13.0. The van der Waals surface area contributed by atoms with Crippen LogP contribution in [0.15, 0.2) is 23.6 Å². The molecule has 0 saturated carbocycles. The molecule has 0 aliphatic carbocycles. The molecule has 1 atom stereocenters. The van der Waals surface area contributed by atoms with Crippen LogP contribution < -0.4 is 0 Å². The number of benzene rings is 1. The molecule has 0 aliphatic rings. The number of rotatable bonds is 3. The van der Waals surface area contributed by atoms with Crippen molar-refractivity contribution in [3.63, 3.8) is 0 Å². The van der Waals surface area contributed by atoms with Gasteiger partial charge in [-0.25, -0.2) is 9.37 Å². The van der Waals surface area contributed by atoms with Gasteiger partial charge in [-0.3, -0.25) is 0 Å². The number of aromatic nitrogens is 1. The molecule has 1 aromatic heterocycles. The largest absolute Gasteiger partial charge is 0.416 e. The van der Waals surface area contributed by atoms with Crippen LogP contribution in [0.5, 0.6) is 0 Å². The number of aryl methyl sites for hydroxylation is 1. The fourth-order valence-corrected chi connectivity index (χ4v) is 2.50. The average Bonchev–Trinajstić information content (AvgIpc) is 2.73. The number of halogens is 4. The van der Waals surface area contributed by atoms with Gasteiger partial charge in [0.05, 0.1) is 22.4 Å². The third-order valence-electron chi connectivity index (χ3n) is 2.75. The monoisotopic (exact) mass is 305 g/mol. The van der Waals surface area contributed by atoms with Crippen LogP contribution in [0.4, 0.5) is 17.6 Å². The lowest BCUT2D eigenvalue weighted by atomic mass is 9.99. The normalized spacial score (nSPS) is 13.5. The Bertz CT molecular complexity index is 609. The molecule has 0 radical (unpaired) electrons. The van der Waals surface area contributed by atoms with Gasteiger partial charge < -0.3 is 5.11 Å². The summed E-state index contributed by atoms with van der Waals surface area (Å²) in [5.41, 5.74) is -0.987. The zero-order chi connectivity index (χ0) is 14.9. The lowest BCUT2D eigenvalue weighted by molar-refractivity contribution is -0.139. The minimum Gasteiger partial charge on any atom is -0.388 e. The summed E-state index contributed by atoms with van der Waals surface area (Å²) in [6.07, 6.45) is -6.14. The Morgan fingerprint density at radius 1 is 1.35 bits per heavy atom. The molecule has 0 spiro atoms. The van der Waals surface area contributed by atoms with Crippen molar-refractivity contribution < 1.29 is 22.7 Å². The van der Waals surface area contributed by atoms with E-state index in [1.54, 1.807) is 12.3 Å². The predicted molar refractivity (Wildman–Crippen MR) is 66.9 cm³/mol. The van der Waals surface area contributed by atoms with Gasteiger partial charge in [0.25, 0.3) is 0 Å². The molecule has 2 nitrogen and oxygen atoms in total. The van der Waals surface area contributed by atoms with E-state index in [-0.39, 0.29) is 12.0 Å². The van der Waals surface area contributed by atoms with Gasteiger partial charge in [0.1, 0.15) is 5.82 Å². The van der Waals surface area contributed by atoms with Crippen LogP contribution in [0.3, 0.4) is 0 Å². The summed E-state index contributed by atoms with van der Waals surface area (Å²) in [7, 11) is 0. The van der Waals surface area contributed by atoms with Crippen LogP contribution in [0, 0.1) is 12.7 Å². The van der Waals surface area contributed by atoms with Crippen LogP contribution in [0.2, 0.25) is 0 Å². The summed E-state index contributed by atoms with van der Waals surface area (Å²) in [6, 6.07) is 2.26. The average molecular weight is 305 g/mol. The third-order valence-corrected chi connectivity index (χ3v) is 3.57. The van der Waals surface area contributed by atoms with Crippen molar-refractivity contribution >= 4 is 11.3 Å². The molecule has 1 unspecified atom stereocenters. The van der Waals surface area contributed by atoms with Gasteiger partial charge in [0.2, 0.25) is 0 Å². The van der Waals surface area contributed by atoms with E-state index >= 15 is 0 Å². The number of thiazole rings is 1. The van der Waals surface area contributed by atoms with E-state index in [0.29, 0.717) is 11.8 Å². The SMILES string of the molecule is Cc1nc(CC(O)c2ccc(F)cc2C(F)(F)F)cs1. The van der Waals surface area contributed by atoms with E-state index in [9.17, 15) is 22.7 Å². The zero-order valence-electron chi connectivity index (χ0n) is 10.4. The van der Waals surface area contributed by atoms with Crippen molar-refractivity contribution in [2.75, 3.05) is 0 Å². The first-order chi connectivity index (χ1) is 9.27. The highest BCUT2D eigenvalue weighted by molar-refractivity contribution is 7.09. The Balaban J connectivity index is 2.32. The van der Waals surface area contributed by atoms with Gasteiger partial charge in [-0.15, -0.1) is 11.3 Å². The third kappa shape index (κ3) is 3.34. The first kappa shape index (κ1) is 14.9. The second-order valence-corrected chi connectivity index (χ2v) is 5.37. The summed E-state index contributed by atoms with van der Waals surface area (Å²) in [6.45, 7) is 1.76. The molecule has 0 aliphatic heterocycles. The minimum absolute atomic E-state index is 0.0426. The molecular formula is C13H11F4NOS. The Labute approximate surface area is 116 Å². The molecule has 0 bridgehead atoms. The Morgan fingerprint density at radius 3 is 2.60 bits per heavy atom. The van der Waals surface area contributed by atoms with E-state index in [1.807, 2.05) is 0 Å². The van der Waals surface area contributed by atoms with Gasteiger partial charge in [-0.05, 0) is 24.6 Å². The molecule has 0 saturated heterocycles. The first-order valence-corrected chi connectivity index (χ1v) is 6.61. The van der Waals surface area contributed by atoms with Crippen molar-refractivity contribution in [3.05, 3.63) is 51.2 Å². The van der Waals surface area contributed by atoms with Gasteiger partial charge in [0, 0.05) is 11.8 Å². The second-order valence-electron chi connectivity index (χ2n) is 4.31. The maximum Gasteiger partial charge on any atom is 0.416 e. The lowest BCUT2D eigenvalue weighted by Gasteiger charge is -2.17. The van der Waals surface area contributed by atoms with Crippen molar-refractivity contribution in [1.29, 1.82) is 0 Å². The number of aliphatic hydroxyl groups is 1. The van der Waals surface area contributed by atoms with Gasteiger partial charge in [-0.1, -0.05) is 6.07 Å². The Kier molecular flexibility index (Phi) is 4.10. The molecule has 0 amide bonds. The molecule has 1 heterocycles. The molecule has 2 aromatic rings. The maximum absolute atomic E-state index is 13.0. The highest BCUT2D eigenvalue weighted by Crippen LogP contribution is 2.36. The molecule has 7 heteroatoms. The number of alkyl halides is 3. The summed E-state index contributed by atoms with van der Waals surface area (Å²) in [5.74, 6) is -0.988. The summed E-state index contributed by atoms with van der Waals surface area (Å²) in [4.78, 5) is 4.09. The Morgan fingerprint density at radius 2 is 2.05 bits per heavy atom. The molecule has 2 rings (SSSR count). The van der Waals surface area contributed by atoms with Crippen LogP contribution in [-0.2, 0) is 12.6 Å².